The van der Waals surface area contributed by atoms with E-state index in [0.717, 1.165) is 7.11 Å². The lowest BCUT2D eigenvalue weighted by Gasteiger charge is -2.10. The number of hydrogen-bond donors (Lipinski definition) is 1. The largest absolute Gasteiger partial charge is 0.464 e. The summed E-state index contributed by atoms with van der Waals surface area (Å²) in [7, 11) is 1.15. The maximum absolute atomic E-state index is 14.3. The first-order valence-electron chi connectivity index (χ1n) is 5.88. The number of anilines is 1. The van der Waals surface area contributed by atoms with Crippen LogP contribution >= 0.6 is 23.2 Å². The zero-order chi connectivity index (χ0) is 16.4. The minimum Gasteiger partial charge on any atom is -0.464 e. The Balaban J connectivity index is 2.71. The van der Waals surface area contributed by atoms with E-state index in [1.165, 1.54) is 18.2 Å². The second-order valence-electron chi connectivity index (χ2n) is 4.19. The van der Waals surface area contributed by atoms with Crippen LogP contribution in [-0.4, -0.2) is 24.3 Å². The maximum atomic E-state index is 14.3. The molecule has 1 aromatic carbocycles. The number of halogens is 3. The highest BCUT2D eigenvalue weighted by atomic mass is 35.5. The Morgan fingerprint density at radius 2 is 2.09 bits per heavy atom. The van der Waals surface area contributed by atoms with Crippen molar-refractivity contribution in [1.29, 1.82) is 0 Å². The molecule has 0 saturated carbocycles. The van der Waals surface area contributed by atoms with Crippen molar-refractivity contribution in [3.63, 3.8) is 0 Å². The third-order valence-electron chi connectivity index (χ3n) is 2.88. The van der Waals surface area contributed by atoms with Crippen LogP contribution in [0.25, 0.3) is 11.3 Å². The normalized spacial score (nSPS) is 10.4. The fraction of sp³-hybridized carbons (Fsp3) is 0.0714. The van der Waals surface area contributed by atoms with Crippen molar-refractivity contribution in [1.82, 2.24) is 4.98 Å². The van der Waals surface area contributed by atoms with Crippen LogP contribution in [0.3, 0.4) is 0 Å². The van der Waals surface area contributed by atoms with Gasteiger partial charge in [-0.05, 0) is 18.2 Å². The highest BCUT2D eigenvalue weighted by molar-refractivity contribution is 6.35. The van der Waals surface area contributed by atoms with Gasteiger partial charge in [0.2, 0.25) is 0 Å². The summed E-state index contributed by atoms with van der Waals surface area (Å²) in [6, 6.07) is 3.95. The molecule has 0 atom stereocenters. The van der Waals surface area contributed by atoms with Crippen LogP contribution < -0.4 is 5.73 Å². The van der Waals surface area contributed by atoms with Gasteiger partial charge in [-0.1, -0.05) is 23.2 Å². The predicted octanol–water partition coefficient (Wildman–Crippen LogP) is 3.38. The molecule has 114 valence electrons. The van der Waals surface area contributed by atoms with Gasteiger partial charge in [0.1, 0.15) is 5.82 Å². The Labute approximate surface area is 134 Å². The molecule has 0 fully saturated rings. The van der Waals surface area contributed by atoms with E-state index in [2.05, 4.69) is 9.72 Å². The van der Waals surface area contributed by atoms with Crippen LogP contribution in [0.1, 0.15) is 20.8 Å². The first-order valence-corrected chi connectivity index (χ1v) is 6.64. The van der Waals surface area contributed by atoms with Crippen molar-refractivity contribution in [3.8, 4) is 11.3 Å². The average Bonchev–Trinajstić information content (AvgIpc) is 2.50. The number of aromatic nitrogens is 1. The van der Waals surface area contributed by atoms with Crippen molar-refractivity contribution in [3.05, 3.63) is 45.3 Å². The summed E-state index contributed by atoms with van der Waals surface area (Å²) < 4.78 is 18.9. The van der Waals surface area contributed by atoms with Crippen LogP contribution in [-0.2, 0) is 4.74 Å². The number of hydrogen-bond acceptors (Lipinski definition) is 5. The zero-order valence-corrected chi connectivity index (χ0v) is 12.7. The van der Waals surface area contributed by atoms with E-state index >= 15 is 0 Å². The number of methoxy groups -OCH3 is 1. The zero-order valence-electron chi connectivity index (χ0n) is 11.2. The SMILES string of the molecule is COC(=O)c1nc(-c2ccc(Cl)c(C=O)c2F)cc(N)c1Cl. The molecule has 1 aromatic heterocycles. The Morgan fingerprint density at radius 1 is 1.41 bits per heavy atom. The molecule has 2 rings (SSSR count). The van der Waals surface area contributed by atoms with E-state index in [-0.39, 0.29) is 38.2 Å². The molecule has 0 aliphatic heterocycles. The summed E-state index contributed by atoms with van der Waals surface area (Å²) in [4.78, 5) is 26.5. The van der Waals surface area contributed by atoms with Crippen molar-refractivity contribution in [2.45, 2.75) is 0 Å². The number of ether oxygens (including phenoxy) is 1. The van der Waals surface area contributed by atoms with E-state index in [1.807, 2.05) is 0 Å². The lowest BCUT2D eigenvalue weighted by molar-refractivity contribution is 0.0594. The molecule has 0 aliphatic carbocycles. The van der Waals surface area contributed by atoms with Gasteiger partial charge in [0, 0.05) is 5.56 Å². The summed E-state index contributed by atoms with van der Waals surface area (Å²) in [5, 5.41) is -0.132. The van der Waals surface area contributed by atoms with Crippen LogP contribution in [0, 0.1) is 5.82 Å². The van der Waals surface area contributed by atoms with Crippen molar-refractivity contribution in [2.75, 3.05) is 12.8 Å². The second kappa shape index (κ2) is 6.29. The average molecular weight is 343 g/mol. The maximum Gasteiger partial charge on any atom is 0.358 e. The number of carbonyl (C=O) groups excluding carboxylic acids is 2. The minimum atomic E-state index is -0.868. The molecule has 8 heteroatoms. The van der Waals surface area contributed by atoms with E-state index in [1.54, 1.807) is 0 Å². The number of esters is 1. The first kappa shape index (κ1) is 16.2. The number of aldehydes is 1. The van der Waals surface area contributed by atoms with Gasteiger partial charge in [-0.2, -0.15) is 0 Å². The molecular weight excluding hydrogens is 334 g/mol. The van der Waals surface area contributed by atoms with Gasteiger partial charge >= 0.3 is 5.97 Å². The van der Waals surface area contributed by atoms with Gasteiger partial charge < -0.3 is 10.5 Å². The summed E-state index contributed by atoms with van der Waals surface area (Å²) in [6.45, 7) is 0. The third-order valence-corrected chi connectivity index (χ3v) is 3.61. The standard InChI is InChI=1S/C14H9Cl2FN2O3/c1-22-14(21)13-11(16)9(18)4-10(19-13)6-2-3-8(15)7(5-20)12(6)17/h2-5H,1H3,(H2,18,19). The molecule has 2 N–H and O–H groups in total. The van der Waals surface area contributed by atoms with Gasteiger partial charge in [-0.15, -0.1) is 0 Å². The lowest BCUT2D eigenvalue weighted by atomic mass is 10.1. The number of nitrogens with zero attached hydrogens (tertiary/aromatic N) is 1. The van der Waals surface area contributed by atoms with Crippen LogP contribution in [0.5, 0.6) is 0 Å². The Morgan fingerprint density at radius 3 is 2.68 bits per heavy atom. The molecule has 0 spiro atoms. The molecule has 0 bridgehead atoms. The molecule has 22 heavy (non-hydrogen) atoms. The highest BCUT2D eigenvalue weighted by Crippen LogP contribution is 2.32. The number of rotatable bonds is 3. The quantitative estimate of drug-likeness (QED) is 0.682. The van der Waals surface area contributed by atoms with Crippen molar-refractivity contribution in [2.24, 2.45) is 0 Å². The number of nitrogens with two attached hydrogens (primary N) is 1. The Kier molecular flexibility index (Phi) is 4.63. The molecule has 5 nitrogen and oxygen atoms in total. The molecule has 1 heterocycles. The smallest absolute Gasteiger partial charge is 0.358 e. The number of pyridine rings is 1. The second-order valence-corrected chi connectivity index (χ2v) is 4.98. The summed E-state index contributed by atoms with van der Waals surface area (Å²) in [6.07, 6.45) is 0.293. The van der Waals surface area contributed by atoms with Gasteiger partial charge in [0.05, 0.1) is 34.1 Å². The van der Waals surface area contributed by atoms with Gasteiger partial charge in [-0.25, -0.2) is 14.2 Å². The topological polar surface area (TPSA) is 82.3 Å². The fourth-order valence-corrected chi connectivity index (χ4v) is 2.16. The molecule has 0 saturated heterocycles. The van der Waals surface area contributed by atoms with Crippen molar-refractivity contribution < 1.29 is 18.7 Å². The molecule has 0 amide bonds. The van der Waals surface area contributed by atoms with Gasteiger partial charge in [-0.3, -0.25) is 4.79 Å². The summed E-state index contributed by atoms with van der Waals surface area (Å²) in [5.41, 5.74) is 5.15. The third kappa shape index (κ3) is 2.75. The number of carbonyl (C=O) groups is 2. The lowest BCUT2D eigenvalue weighted by Crippen LogP contribution is -2.08. The number of benzene rings is 1. The highest BCUT2D eigenvalue weighted by Gasteiger charge is 2.20. The predicted molar refractivity (Wildman–Crippen MR) is 80.8 cm³/mol. The molecule has 0 unspecified atom stereocenters. The summed E-state index contributed by atoms with van der Waals surface area (Å²) in [5.74, 6) is -1.68. The van der Waals surface area contributed by atoms with Gasteiger partial charge in [0.25, 0.3) is 0 Å². The van der Waals surface area contributed by atoms with E-state index < -0.39 is 11.8 Å². The first-order chi connectivity index (χ1) is 10.4. The van der Waals surface area contributed by atoms with Crippen LogP contribution in [0.4, 0.5) is 10.1 Å². The van der Waals surface area contributed by atoms with Gasteiger partial charge in [0.15, 0.2) is 12.0 Å². The number of nitrogen functional groups attached to an aromatic ring is 1. The van der Waals surface area contributed by atoms with Crippen molar-refractivity contribution >= 4 is 41.1 Å². The molecule has 0 radical (unpaired) electrons. The Hall–Kier alpha value is -2.18. The van der Waals surface area contributed by atoms with Crippen LogP contribution in [0.15, 0.2) is 18.2 Å². The summed E-state index contributed by atoms with van der Waals surface area (Å²) >= 11 is 11.6. The van der Waals surface area contributed by atoms with E-state index in [0.29, 0.717) is 6.29 Å². The van der Waals surface area contributed by atoms with E-state index in [9.17, 15) is 14.0 Å². The molecule has 2 aromatic rings. The van der Waals surface area contributed by atoms with E-state index in [4.69, 9.17) is 28.9 Å². The molecular formula is C14H9Cl2FN2O3. The monoisotopic (exact) mass is 342 g/mol. The Bertz CT molecular complexity index is 781. The van der Waals surface area contributed by atoms with Crippen LogP contribution in [0.2, 0.25) is 10.0 Å². The minimum absolute atomic E-state index is 0.0223. The fourth-order valence-electron chi connectivity index (χ4n) is 1.79. The molecule has 0 aliphatic rings.